The molecular formula is C17H27N3O4S. The van der Waals surface area contributed by atoms with E-state index in [1.54, 1.807) is 12.1 Å². The molecule has 1 aromatic carbocycles. The molecule has 25 heavy (non-hydrogen) atoms. The van der Waals surface area contributed by atoms with Crippen LogP contribution in [0.2, 0.25) is 0 Å². The molecule has 0 radical (unpaired) electrons. The van der Waals surface area contributed by atoms with Crippen LogP contribution in [-0.2, 0) is 14.8 Å². The van der Waals surface area contributed by atoms with Crippen molar-refractivity contribution in [2.75, 3.05) is 46.9 Å². The van der Waals surface area contributed by atoms with Crippen LogP contribution < -0.4 is 10.0 Å². The topological polar surface area (TPSA) is 87.7 Å². The van der Waals surface area contributed by atoms with Gasteiger partial charge in [0.1, 0.15) is 0 Å². The zero-order valence-corrected chi connectivity index (χ0v) is 15.6. The Balaban J connectivity index is 2.11. The van der Waals surface area contributed by atoms with Crippen molar-refractivity contribution in [3.63, 3.8) is 0 Å². The highest BCUT2D eigenvalue weighted by Gasteiger charge is 2.25. The van der Waals surface area contributed by atoms with Gasteiger partial charge in [0.15, 0.2) is 0 Å². The van der Waals surface area contributed by atoms with Crippen molar-refractivity contribution in [1.29, 1.82) is 0 Å². The third-order valence-corrected chi connectivity index (χ3v) is 5.75. The molecule has 1 amide bonds. The van der Waals surface area contributed by atoms with Crippen LogP contribution in [0.5, 0.6) is 0 Å². The summed E-state index contributed by atoms with van der Waals surface area (Å²) in [7, 11) is -0.234. The van der Waals surface area contributed by atoms with Gasteiger partial charge in [0.2, 0.25) is 10.0 Å². The highest BCUT2D eigenvalue weighted by Crippen LogP contribution is 2.19. The van der Waals surface area contributed by atoms with Gasteiger partial charge in [-0.25, -0.2) is 13.1 Å². The Kier molecular flexibility index (Phi) is 7.37. The number of sulfonamides is 1. The largest absolute Gasteiger partial charge is 0.383 e. The van der Waals surface area contributed by atoms with Crippen molar-refractivity contribution < 1.29 is 17.9 Å². The van der Waals surface area contributed by atoms with E-state index in [0.717, 1.165) is 19.4 Å². The second-order valence-corrected chi connectivity index (χ2v) is 8.00. The van der Waals surface area contributed by atoms with Crippen molar-refractivity contribution in [2.45, 2.75) is 17.7 Å². The van der Waals surface area contributed by atoms with E-state index in [9.17, 15) is 13.2 Å². The summed E-state index contributed by atoms with van der Waals surface area (Å²) < 4.78 is 31.9. The van der Waals surface area contributed by atoms with E-state index in [0.29, 0.717) is 31.2 Å². The maximum absolute atomic E-state index is 12.8. The van der Waals surface area contributed by atoms with Crippen LogP contribution in [0.25, 0.3) is 0 Å². The molecule has 2 rings (SSSR count). The predicted octanol–water partition coefficient (Wildman–Crippen LogP) is 0.683. The fraction of sp³-hybridized carbons (Fsp3) is 0.588. The van der Waals surface area contributed by atoms with E-state index in [1.807, 2.05) is 11.9 Å². The number of rotatable bonds is 8. The van der Waals surface area contributed by atoms with Crippen LogP contribution in [-0.4, -0.2) is 66.2 Å². The fourth-order valence-corrected chi connectivity index (χ4v) is 4.10. The first-order chi connectivity index (χ1) is 12.0. The first-order valence-electron chi connectivity index (χ1n) is 8.50. The number of nitrogens with zero attached hydrogens (tertiary/aromatic N) is 1. The SMILES string of the molecule is CNCC1CCCN(C(=O)c2cccc(S(=O)(=O)NCCOC)c2)C1. The lowest BCUT2D eigenvalue weighted by molar-refractivity contribution is 0.0674. The number of hydrogen-bond donors (Lipinski definition) is 2. The molecule has 1 saturated heterocycles. The predicted molar refractivity (Wildman–Crippen MR) is 96.1 cm³/mol. The molecule has 0 bridgehead atoms. The molecule has 8 heteroatoms. The molecule has 0 aromatic heterocycles. The number of likely N-dealkylation sites (tertiary alicyclic amines) is 1. The lowest BCUT2D eigenvalue weighted by atomic mass is 9.97. The number of ether oxygens (including phenoxy) is 1. The van der Waals surface area contributed by atoms with Gasteiger partial charge in [0.25, 0.3) is 5.91 Å². The summed E-state index contributed by atoms with van der Waals surface area (Å²) in [6.07, 6.45) is 2.07. The van der Waals surface area contributed by atoms with Crippen LogP contribution in [0, 0.1) is 5.92 Å². The fourth-order valence-electron chi connectivity index (χ4n) is 3.05. The first kappa shape index (κ1) is 19.8. The number of nitrogens with one attached hydrogen (secondary N) is 2. The Morgan fingerprint density at radius 2 is 2.20 bits per heavy atom. The number of piperidine rings is 1. The Bertz CT molecular complexity index is 676. The van der Waals surface area contributed by atoms with Gasteiger partial charge in [-0.05, 0) is 50.6 Å². The van der Waals surface area contributed by atoms with Crippen molar-refractivity contribution in [2.24, 2.45) is 5.92 Å². The van der Waals surface area contributed by atoms with E-state index in [2.05, 4.69) is 10.0 Å². The Morgan fingerprint density at radius 1 is 1.40 bits per heavy atom. The van der Waals surface area contributed by atoms with E-state index in [-0.39, 0.29) is 17.3 Å². The highest BCUT2D eigenvalue weighted by atomic mass is 32.2. The third-order valence-electron chi connectivity index (χ3n) is 4.29. The van der Waals surface area contributed by atoms with E-state index < -0.39 is 10.0 Å². The second kappa shape index (κ2) is 9.28. The van der Waals surface area contributed by atoms with Crippen LogP contribution in [0.15, 0.2) is 29.2 Å². The van der Waals surface area contributed by atoms with Gasteiger partial charge < -0.3 is 15.0 Å². The number of carbonyl (C=O) groups excluding carboxylic acids is 1. The van der Waals surface area contributed by atoms with Crippen molar-refractivity contribution >= 4 is 15.9 Å². The maximum Gasteiger partial charge on any atom is 0.253 e. The van der Waals surface area contributed by atoms with Crippen molar-refractivity contribution in [3.05, 3.63) is 29.8 Å². The minimum absolute atomic E-state index is 0.0956. The van der Waals surface area contributed by atoms with E-state index >= 15 is 0 Å². The molecule has 1 aliphatic rings. The smallest absolute Gasteiger partial charge is 0.253 e. The number of carbonyl (C=O) groups is 1. The molecule has 0 aliphatic carbocycles. The normalized spacial score (nSPS) is 18.3. The molecule has 1 aliphatic heterocycles. The van der Waals surface area contributed by atoms with Gasteiger partial charge >= 0.3 is 0 Å². The summed E-state index contributed by atoms with van der Waals surface area (Å²) >= 11 is 0. The Morgan fingerprint density at radius 3 is 2.92 bits per heavy atom. The molecule has 1 aromatic rings. The summed E-state index contributed by atoms with van der Waals surface area (Å²) in [5, 5.41) is 3.15. The second-order valence-electron chi connectivity index (χ2n) is 6.24. The summed E-state index contributed by atoms with van der Waals surface area (Å²) in [5.41, 5.74) is 0.403. The van der Waals surface area contributed by atoms with Crippen LogP contribution in [0.4, 0.5) is 0 Å². The molecule has 2 N–H and O–H groups in total. The van der Waals surface area contributed by atoms with Gasteiger partial charge in [-0.3, -0.25) is 4.79 Å². The van der Waals surface area contributed by atoms with Crippen molar-refractivity contribution in [3.8, 4) is 0 Å². The standard InChI is InChI=1S/C17H27N3O4S/c1-18-12-14-5-4-9-20(13-14)17(21)15-6-3-7-16(11-15)25(22,23)19-8-10-24-2/h3,6-7,11,14,18-19H,4-5,8-10,12-13H2,1-2H3. The summed E-state index contributed by atoms with van der Waals surface area (Å²) in [6, 6.07) is 6.20. The third kappa shape index (κ3) is 5.50. The minimum Gasteiger partial charge on any atom is -0.383 e. The molecular weight excluding hydrogens is 342 g/mol. The highest BCUT2D eigenvalue weighted by molar-refractivity contribution is 7.89. The lowest BCUT2D eigenvalue weighted by Gasteiger charge is -2.32. The molecule has 1 fully saturated rings. The number of amides is 1. The molecule has 7 nitrogen and oxygen atoms in total. The maximum atomic E-state index is 12.8. The summed E-state index contributed by atoms with van der Waals surface area (Å²) in [6.45, 7) is 2.76. The van der Waals surface area contributed by atoms with Gasteiger partial charge in [-0.1, -0.05) is 6.07 Å². The molecule has 0 saturated carbocycles. The number of methoxy groups -OCH3 is 1. The zero-order valence-electron chi connectivity index (χ0n) is 14.8. The number of hydrogen-bond acceptors (Lipinski definition) is 5. The van der Waals surface area contributed by atoms with Crippen LogP contribution in [0.3, 0.4) is 0 Å². The average molecular weight is 369 g/mol. The molecule has 140 valence electrons. The van der Waals surface area contributed by atoms with Crippen molar-refractivity contribution in [1.82, 2.24) is 14.9 Å². The van der Waals surface area contributed by atoms with Crippen LogP contribution in [0.1, 0.15) is 23.2 Å². The van der Waals surface area contributed by atoms with E-state index in [1.165, 1.54) is 19.2 Å². The van der Waals surface area contributed by atoms with Crippen LogP contribution >= 0.6 is 0 Å². The molecule has 0 spiro atoms. The van der Waals surface area contributed by atoms with E-state index in [4.69, 9.17) is 4.74 Å². The Hall–Kier alpha value is -1.48. The van der Waals surface area contributed by atoms with Gasteiger partial charge in [0, 0.05) is 32.3 Å². The molecule has 1 heterocycles. The number of benzene rings is 1. The Labute approximate surface area is 149 Å². The van der Waals surface area contributed by atoms with Gasteiger partial charge in [0.05, 0.1) is 11.5 Å². The summed E-state index contributed by atoms with van der Waals surface area (Å²) in [4.78, 5) is 14.7. The molecule has 1 atom stereocenters. The molecule has 1 unspecified atom stereocenters. The van der Waals surface area contributed by atoms with Gasteiger partial charge in [-0.15, -0.1) is 0 Å². The monoisotopic (exact) mass is 369 g/mol. The zero-order chi connectivity index (χ0) is 18.3. The van der Waals surface area contributed by atoms with Gasteiger partial charge in [-0.2, -0.15) is 0 Å². The lowest BCUT2D eigenvalue weighted by Crippen LogP contribution is -2.42. The minimum atomic E-state index is -3.65. The summed E-state index contributed by atoms with van der Waals surface area (Å²) in [5.74, 6) is 0.320. The average Bonchev–Trinajstić information content (AvgIpc) is 2.62. The quantitative estimate of drug-likeness (QED) is 0.658. The first-order valence-corrected chi connectivity index (χ1v) is 9.99.